The molecule has 0 amide bonds. The lowest BCUT2D eigenvalue weighted by atomic mass is 9.73. The second kappa shape index (κ2) is 4.28. The summed E-state index contributed by atoms with van der Waals surface area (Å²) in [6.07, 6.45) is -0.364. The highest BCUT2D eigenvalue weighted by Gasteiger charge is 2.54. The number of hydrogen-bond donors (Lipinski definition) is 2. The van der Waals surface area contributed by atoms with Crippen molar-refractivity contribution in [2.75, 3.05) is 12.8 Å². The first-order valence-corrected chi connectivity index (χ1v) is 6.08. The molecule has 18 heavy (non-hydrogen) atoms. The number of nitrogens with two attached hydrogens (primary N) is 1. The van der Waals surface area contributed by atoms with Crippen molar-refractivity contribution in [3.05, 3.63) is 29.3 Å². The fraction of sp³-hybridized carbons (Fsp3) is 0.500. The molecule has 2 atom stereocenters. The number of esters is 1. The molecule has 1 aromatic rings. The number of fused-ring (bicyclic) bond motifs is 1. The van der Waals surface area contributed by atoms with Gasteiger partial charge in [-0.05, 0) is 35.6 Å². The van der Waals surface area contributed by atoms with Crippen LogP contribution in [0, 0.1) is 11.3 Å². The Bertz CT molecular complexity index is 484. The van der Waals surface area contributed by atoms with Crippen LogP contribution in [0.3, 0.4) is 0 Å². The molecule has 1 aliphatic rings. The van der Waals surface area contributed by atoms with Crippen molar-refractivity contribution in [1.29, 1.82) is 0 Å². The number of benzene rings is 1. The average Bonchev–Trinajstić information content (AvgIpc) is 2.63. The van der Waals surface area contributed by atoms with Crippen LogP contribution in [0.1, 0.15) is 31.1 Å². The third-order valence-electron chi connectivity index (χ3n) is 4.03. The standard InChI is InChI=1S/C14H19NO3/c1-8(2)14(13(17)18-3)7-9-4-5-10(15)6-11(9)12(14)16/h4-6,8,12,16H,7,15H2,1-3H3. The summed E-state index contributed by atoms with van der Waals surface area (Å²) in [6, 6.07) is 5.41. The minimum Gasteiger partial charge on any atom is -0.468 e. The van der Waals surface area contributed by atoms with E-state index in [2.05, 4.69) is 0 Å². The van der Waals surface area contributed by atoms with Crippen molar-refractivity contribution < 1.29 is 14.6 Å². The normalized spacial score (nSPS) is 26.2. The SMILES string of the molecule is COC(=O)C1(C(C)C)Cc2ccc(N)cc2C1O. The molecule has 0 fully saturated rings. The van der Waals surface area contributed by atoms with Crippen LogP contribution in [0.5, 0.6) is 0 Å². The molecule has 98 valence electrons. The van der Waals surface area contributed by atoms with Gasteiger partial charge in [-0.25, -0.2) is 0 Å². The molecule has 2 unspecified atom stereocenters. The Morgan fingerprint density at radius 2 is 2.22 bits per heavy atom. The summed E-state index contributed by atoms with van der Waals surface area (Å²) >= 11 is 0. The predicted octanol–water partition coefficient (Wildman–Crippen LogP) is 1.67. The monoisotopic (exact) mass is 249 g/mol. The lowest BCUT2D eigenvalue weighted by molar-refractivity contribution is -0.164. The summed E-state index contributed by atoms with van der Waals surface area (Å²) in [6.45, 7) is 3.85. The van der Waals surface area contributed by atoms with Crippen molar-refractivity contribution >= 4 is 11.7 Å². The number of rotatable bonds is 2. The van der Waals surface area contributed by atoms with Crippen molar-refractivity contribution in [3.8, 4) is 0 Å². The van der Waals surface area contributed by atoms with Crippen LogP contribution in [0.25, 0.3) is 0 Å². The molecule has 0 aromatic heterocycles. The van der Waals surface area contributed by atoms with Gasteiger partial charge in [-0.3, -0.25) is 4.79 Å². The molecular weight excluding hydrogens is 230 g/mol. The number of carbonyl (C=O) groups excluding carboxylic acids is 1. The van der Waals surface area contributed by atoms with Gasteiger partial charge >= 0.3 is 5.97 Å². The predicted molar refractivity (Wildman–Crippen MR) is 68.8 cm³/mol. The Labute approximate surface area is 107 Å². The largest absolute Gasteiger partial charge is 0.468 e. The maximum atomic E-state index is 12.1. The second-order valence-electron chi connectivity index (χ2n) is 5.22. The maximum Gasteiger partial charge on any atom is 0.315 e. The molecule has 0 radical (unpaired) electrons. The van der Waals surface area contributed by atoms with Gasteiger partial charge in [0.1, 0.15) is 5.41 Å². The van der Waals surface area contributed by atoms with Crippen LogP contribution in [-0.4, -0.2) is 18.2 Å². The van der Waals surface area contributed by atoms with Crippen molar-refractivity contribution in [2.24, 2.45) is 11.3 Å². The number of ether oxygens (including phenoxy) is 1. The first-order valence-electron chi connectivity index (χ1n) is 6.08. The van der Waals surface area contributed by atoms with Gasteiger partial charge in [0.2, 0.25) is 0 Å². The van der Waals surface area contributed by atoms with Gasteiger partial charge in [-0.15, -0.1) is 0 Å². The van der Waals surface area contributed by atoms with Crippen LogP contribution in [0.2, 0.25) is 0 Å². The van der Waals surface area contributed by atoms with Gasteiger partial charge in [-0.1, -0.05) is 19.9 Å². The van der Waals surface area contributed by atoms with E-state index in [0.717, 1.165) is 11.1 Å². The number of aliphatic hydroxyl groups excluding tert-OH is 1. The molecule has 0 aliphatic heterocycles. The van der Waals surface area contributed by atoms with Crippen molar-refractivity contribution in [3.63, 3.8) is 0 Å². The Kier molecular flexibility index (Phi) is 3.07. The number of aliphatic hydroxyl groups is 1. The number of methoxy groups -OCH3 is 1. The minimum absolute atomic E-state index is 0.0198. The molecule has 1 aromatic carbocycles. The van der Waals surface area contributed by atoms with Gasteiger partial charge in [-0.2, -0.15) is 0 Å². The van der Waals surface area contributed by atoms with E-state index >= 15 is 0 Å². The molecule has 4 nitrogen and oxygen atoms in total. The van der Waals surface area contributed by atoms with Gasteiger partial charge in [0.15, 0.2) is 0 Å². The molecule has 2 rings (SSSR count). The summed E-state index contributed by atoms with van der Waals surface area (Å²) in [5.41, 5.74) is 7.15. The summed E-state index contributed by atoms with van der Waals surface area (Å²) in [7, 11) is 1.36. The van der Waals surface area contributed by atoms with Crippen LogP contribution in [0.15, 0.2) is 18.2 Å². The smallest absolute Gasteiger partial charge is 0.315 e. The molecule has 3 N–H and O–H groups in total. The van der Waals surface area contributed by atoms with Gasteiger partial charge in [0.05, 0.1) is 13.2 Å². The number of anilines is 1. The van der Waals surface area contributed by atoms with Crippen molar-refractivity contribution in [2.45, 2.75) is 26.4 Å². The van der Waals surface area contributed by atoms with E-state index in [9.17, 15) is 9.90 Å². The Hall–Kier alpha value is -1.55. The molecule has 4 heteroatoms. The van der Waals surface area contributed by atoms with E-state index in [-0.39, 0.29) is 11.9 Å². The lowest BCUT2D eigenvalue weighted by Gasteiger charge is -2.33. The number of carbonyl (C=O) groups is 1. The van der Waals surface area contributed by atoms with Gasteiger partial charge in [0, 0.05) is 5.69 Å². The summed E-state index contributed by atoms with van der Waals surface area (Å²) in [4.78, 5) is 12.1. The van der Waals surface area contributed by atoms with Gasteiger partial charge < -0.3 is 15.6 Å². The maximum absolute atomic E-state index is 12.1. The van der Waals surface area contributed by atoms with E-state index in [1.165, 1.54) is 7.11 Å². The first-order chi connectivity index (χ1) is 8.43. The second-order valence-corrected chi connectivity index (χ2v) is 5.22. The third kappa shape index (κ3) is 1.60. The Morgan fingerprint density at radius 1 is 1.56 bits per heavy atom. The van der Waals surface area contributed by atoms with E-state index in [1.54, 1.807) is 12.1 Å². The highest BCUT2D eigenvalue weighted by Crippen LogP contribution is 2.51. The topological polar surface area (TPSA) is 72.5 Å². The fourth-order valence-electron chi connectivity index (χ4n) is 2.85. The molecule has 0 heterocycles. The number of hydrogen-bond acceptors (Lipinski definition) is 4. The summed E-state index contributed by atoms with van der Waals surface area (Å²) < 4.78 is 4.90. The van der Waals surface area contributed by atoms with Crippen LogP contribution in [0.4, 0.5) is 5.69 Å². The first kappa shape index (κ1) is 12.9. The molecule has 1 aliphatic carbocycles. The fourth-order valence-corrected chi connectivity index (χ4v) is 2.85. The van der Waals surface area contributed by atoms with Crippen LogP contribution in [-0.2, 0) is 16.0 Å². The quantitative estimate of drug-likeness (QED) is 0.618. The molecule has 0 bridgehead atoms. The van der Waals surface area contributed by atoms with E-state index in [4.69, 9.17) is 10.5 Å². The third-order valence-corrected chi connectivity index (χ3v) is 4.03. The molecule has 0 saturated carbocycles. The highest BCUT2D eigenvalue weighted by atomic mass is 16.5. The lowest BCUT2D eigenvalue weighted by Crippen LogP contribution is -2.41. The zero-order valence-electron chi connectivity index (χ0n) is 10.9. The molecular formula is C14H19NO3. The Morgan fingerprint density at radius 3 is 2.78 bits per heavy atom. The van der Waals surface area contributed by atoms with Crippen molar-refractivity contribution in [1.82, 2.24) is 0 Å². The summed E-state index contributed by atoms with van der Waals surface area (Å²) in [5.74, 6) is -0.381. The minimum atomic E-state index is -0.898. The number of nitrogen functional groups attached to an aromatic ring is 1. The summed E-state index contributed by atoms with van der Waals surface area (Å²) in [5, 5.41) is 10.5. The average molecular weight is 249 g/mol. The van der Waals surface area contributed by atoms with Crippen LogP contribution < -0.4 is 5.73 Å². The zero-order chi connectivity index (χ0) is 13.5. The van der Waals surface area contributed by atoms with Gasteiger partial charge in [0.25, 0.3) is 0 Å². The van der Waals surface area contributed by atoms with E-state index in [1.807, 2.05) is 19.9 Å². The molecule has 0 spiro atoms. The van der Waals surface area contributed by atoms with Crippen LogP contribution >= 0.6 is 0 Å². The molecule has 0 saturated heterocycles. The highest BCUT2D eigenvalue weighted by molar-refractivity contribution is 5.80. The van der Waals surface area contributed by atoms with E-state index < -0.39 is 11.5 Å². The van der Waals surface area contributed by atoms with E-state index in [0.29, 0.717) is 12.1 Å². The Balaban J connectivity index is 2.53. The zero-order valence-corrected chi connectivity index (χ0v) is 10.9.